The number of pyridine rings is 1. The van der Waals surface area contributed by atoms with E-state index in [2.05, 4.69) is 9.88 Å². The number of nitrogens with two attached hydrogens (primary N) is 1. The molecule has 5 nitrogen and oxygen atoms in total. The minimum Gasteiger partial charge on any atom is -0.472 e. The molecule has 0 unspecified atom stereocenters. The van der Waals surface area contributed by atoms with Crippen LogP contribution < -0.4 is 15.4 Å². The maximum absolute atomic E-state index is 12.1. The molecule has 1 aliphatic rings. The van der Waals surface area contributed by atoms with Crippen LogP contribution in [-0.4, -0.2) is 30.1 Å². The third kappa shape index (κ3) is 3.77. The number of benzene rings is 2. The number of primary amides is 1. The Morgan fingerprint density at radius 2 is 1.85 bits per heavy atom. The Kier molecular flexibility index (Phi) is 4.75. The van der Waals surface area contributed by atoms with Crippen LogP contribution in [0.5, 0.6) is 5.88 Å². The van der Waals surface area contributed by atoms with Gasteiger partial charge in [0.2, 0.25) is 5.88 Å². The lowest BCUT2D eigenvalue weighted by Crippen LogP contribution is -2.27. The first-order chi connectivity index (χ1) is 13.2. The molecule has 5 heteroatoms. The minimum absolute atomic E-state index is 0.0365. The van der Waals surface area contributed by atoms with Crippen molar-refractivity contribution in [3.05, 3.63) is 78.5 Å². The van der Waals surface area contributed by atoms with E-state index in [0.29, 0.717) is 18.0 Å². The molecule has 0 saturated carbocycles. The van der Waals surface area contributed by atoms with Crippen LogP contribution in [0.1, 0.15) is 16.8 Å². The van der Waals surface area contributed by atoms with Gasteiger partial charge in [-0.05, 0) is 29.3 Å². The predicted molar refractivity (Wildman–Crippen MR) is 106 cm³/mol. The zero-order chi connectivity index (χ0) is 18.6. The summed E-state index contributed by atoms with van der Waals surface area (Å²) >= 11 is 0. The monoisotopic (exact) mass is 359 g/mol. The average molecular weight is 359 g/mol. The van der Waals surface area contributed by atoms with Gasteiger partial charge in [0.25, 0.3) is 5.91 Å². The topological polar surface area (TPSA) is 68.5 Å². The van der Waals surface area contributed by atoms with Crippen LogP contribution in [-0.2, 0) is 0 Å². The maximum atomic E-state index is 12.1. The van der Waals surface area contributed by atoms with Crippen molar-refractivity contribution in [3.63, 3.8) is 0 Å². The first kappa shape index (κ1) is 17.1. The molecule has 1 amide bonds. The van der Waals surface area contributed by atoms with E-state index in [1.807, 2.05) is 66.7 Å². The van der Waals surface area contributed by atoms with E-state index in [-0.39, 0.29) is 6.10 Å². The van der Waals surface area contributed by atoms with Crippen LogP contribution in [0.25, 0.3) is 11.1 Å². The second kappa shape index (κ2) is 7.50. The van der Waals surface area contributed by atoms with E-state index >= 15 is 0 Å². The fourth-order valence-electron chi connectivity index (χ4n) is 3.45. The van der Waals surface area contributed by atoms with Crippen LogP contribution in [0.2, 0.25) is 0 Å². The Morgan fingerprint density at radius 3 is 2.59 bits per heavy atom. The number of rotatable bonds is 5. The third-order valence-corrected chi connectivity index (χ3v) is 4.78. The van der Waals surface area contributed by atoms with Gasteiger partial charge in [0.05, 0.1) is 12.1 Å². The Bertz CT molecular complexity index is 929. The lowest BCUT2D eigenvalue weighted by Gasteiger charge is -2.22. The Balaban J connectivity index is 1.56. The zero-order valence-corrected chi connectivity index (χ0v) is 14.9. The molecule has 1 aromatic heterocycles. The summed E-state index contributed by atoms with van der Waals surface area (Å²) in [6.45, 7) is 1.50. The normalized spacial score (nSPS) is 16.3. The number of aromatic nitrogens is 1. The Hall–Kier alpha value is -3.34. The van der Waals surface area contributed by atoms with Gasteiger partial charge in [0, 0.05) is 30.9 Å². The largest absolute Gasteiger partial charge is 0.472 e. The van der Waals surface area contributed by atoms with Gasteiger partial charge in [-0.25, -0.2) is 4.98 Å². The SMILES string of the molecule is NC(=O)c1cc(-c2ccccc2)ccc1N1CC[C@H](Oc2ccccn2)C1. The van der Waals surface area contributed by atoms with E-state index in [0.717, 1.165) is 29.8 Å². The molecule has 0 bridgehead atoms. The Labute approximate surface area is 158 Å². The zero-order valence-electron chi connectivity index (χ0n) is 14.9. The van der Waals surface area contributed by atoms with E-state index < -0.39 is 5.91 Å². The van der Waals surface area contributed by atoms with E-state index in [1.165, 1.54) is 0 Å². The fourth-order valence-corrected chi connectivity index (χ4v) is 3.45. The highest BCUT2D eigenvalue weighted by molar-refractivity contribution is 6.00. The van der Waals surface area contributed by atoms with Gasteiger partial charge in [0.1, 0.15) is 6.10 Å². The van der Waals surface area contributed by atoms with Gasteiger partial charge < -0.3 is 15.4 Å². The average Bonchev–Trinajstić information content (AvgIpc) is 3.17. The molecule has 1 aliphatic heterocycles. The summed E-state index contributed by atoms with van der Waals surface area (Å²) in [5, 5.41) is 0. The lowest BCUT2D eigenvalue weighted by atomic mass is 10.0. The number of carbonyl (C=O) groups excluding carboxylic acids is 1. The smallest absolute Gasteiger partial charge is 0.250 e. The summed E-state index contributed by atoms with van der Waals surface area (Å²) in [6, 6.07) is 21.5. The summed E-state index contributed by atoms with van der Waals surface area (Å²) in [5.41, 5.74) is 9.11. The molecule has 2 N–H and O–H groups in total. The van der Waals surface area contributed by atoms with Gasteiger partial charge >= 0.3 is 0 Å². The molecule has 1 saturated heterocycles. The molecule has 136 valence electrons. The van der Waals surface area contributed by atoms with Crippen LogP contribution >= 0.6 is 0 Å². The van der Waals surface area contributed by atoms with Crippen molar-refractivity contribution in [3.8, 4) is 17.0 Å². The first-order valence-electron chi connectivity index (χ1n) is 9.02. The summed E-state index contributed by atoms with van der Waals surface area (Å²) in [4.78, 5) is 18.5. The number of anilines is 1. The molecular weight excluding hydrogens is 338 g/mol. The van der Waals surface area contributed by atoms with Crippen molar-refractivity contribution < 1.29 is 9.53 Å². The third-order valence-electron chi connectivity index (χ3n) is 4.78. The summed E-state index contributed by atoms with van der Waals surface area (Å²) in [6.07, 6.45) is 2.62. The van der Waals surface area contributed by atoms with Crippen LogP contribution in [0, 0.1) is 0 Å². The van der Waals surface area contributed by atoms with Gasteiger partial charge in [-0.3, -0.25) is 4.79 Å². The standard InChI is InChI=1S/C22H21N3O2/c23-22(26)19-14-17(16-6-2-1-3-7-16)9-10-20(19)25-13-11-18(15-25)27-21-8-4-5-12-24-21/h1-10,12,14,18H,11,13,15H2,(H2,23,26)/t18-/m0/s1. The summed E-state index contributed by atoms with van der Waals surface area (Å²) in [7, 11) is 0. The minimum atomic E-state index is -0.420. The van der Waals surface area contributed by atoms with Crippen molar-refractivity contribution in [2.45, 2.75) is 12.5 Å². The molecule has 2 aromatic carbocycles. The van der Waals surface area contributed by atoms with Gasteiger partial charge in [0.15, 0.2) is 0 Å². The maximum Gasteiger partial charge on any atom is 0.250 e. The summed E-state index contributed by atoms with van der Waals surface area (Å²) < 4.78 is 5.95. The number of carbonyl (C=O) groups is 1. The van der Waals surface area contributed by atoms with Crippen molar-refractivity contribution in [2.24, 2.45) is 5.73 Å². The quantitative estimate of drug-likeness (QED) is 0.757. The Morgan fingerprint density at radius 1 is 1.04 bits per heavy atom. The van der Waals surface area contributed by atoms with Crippen LogP contribution in [0.4, 0.5) is 5.69 Å². The second-order valence-electron chi connectivity index (χ2n) is 6.60. The van der Waals surface area contributed by atoms with E-state index in [9.17, 15) is 4.79 Å². The molecule has 4 rings (SSSR count). The number of hydrogen-bond acceptors (Lipinski definition) is 4. The second-order valence-corrected chi connectivity index (χ2v) is 6.60. The highest BCUT2D eigenvalue weighted by Gasteiger charge is 2.27. The highest BCUT2D eigenvalue weighted by atomic mass is 16.5. The van der Waals surface area contributed by atoms with Crippen molar-refractivity contribution in [1.82, 2.24) is 4.98 Å². The van der Waals surface area contributed by atoms with Crippen LogP contribution in [0.15, 0.2) is 72.9 Å². The number of hydrogen-bond donors (Lipinski definition) is 1. The van der Waals surface area contributed by atoms with Crippen molar-refractivity contribution in [2.75, 3.05) is 18.0 Å². The molecule has 0 aliphatic carbocycles. The molecule has 1 atom stereocenters. The highest BCUT2D eigenvalue weighted by Crippen LogP contribution is 2.30. The van der Waals surface area contributed by atoms with E-state index in [1.54, 1.807) is 6.20 Å². The molecular formula is C22H21N3O2. The predicted octanol–water partition coefficient (Wildman–Crippen LogP) is 3.51. The number of ether oxygens (including phenoxy) is 1. The lowest BCUT2D eigenvalue weighted by molar-refractivity contribution is 0.100. The number of nitrogens with zero attached hydrogens (tertiary/aromatic N) is 2. The fraction of sp³-hybridized carbons (Fsp3) is 0.182. The number of amides is 1. The first-order valence-corrected chi connectivity index (χ1v) is 9.02. The molecule has 0 spiro atoms. The molecule has 0 radical (unpaired) electrons. The molecule has 1 fully saturated rings. The van der Waals surface area contributed by atoms with Gasteiger partial charge in [-0.2, -0.15) is 0 Å². The van der Waals surface area contributed by atoms with Crippen molar-refractivity contribution >= 4 is 11.6 Å². The van der Waals surface area contributed by atoms with Crippen LogP contribution in [0.3, 0.4) is 0 Å². The summed E-state index contributed by atoms with van der Waals surface area (Å²) in [5.74, 6) is 0.204. The van der Waals surface area contributed by atoms with E-state index in [4.69, 9.17) is 10.5 Å². The molecule has 3 aromatic rings. The molecule has 2 heterocycles. The van der Waals surface area contributed by atoms with Crippen molar-refractivity contribution in [1.29, 1.82) is 0 Å². The molecule has 27 heavy (non-hydrogen) atoms. The van der Waals surface area contributed by atoms with Gasteiger partial charge in [-0.1, -0.05) is 42.5 Å². The van der Waals surface area contributed by atoms with Gasteiger partial charge in [-0.15, -0.1) is 0 Å².